The summed E-state index contributed by atoms with van der Waals surface area (Å²) in [4.78, 5) is 16.3. The first kappa shape index (κ1) is 27.6. The molecule has 6 heteroatoms. The van der Waals surface area contributed by atoms with Gasteiger partial charge >= 0.3 is 5.97 Å². The lowest BCUT2D eigenvalue weighted by Crippen LogP contribution is -2.31. The summed E-state index contributed by atoms with van der Waals surface area (Å²) in [5, 5.41) is 4.26. The van der Waals surface area contributed by atoms with Crippen molar-refractivity contribution in [1.82, 2.24) is 0 Å². The molecule has 0 N–H and O–H groups in total. The average Bonchev–Trinajstić information content (AvgIpc) is 3.09. The zero-order valence-corrected chi connectivity index (χ0v) is 21.7. The smallest absolute Gasteiger partial charge is 0.305 e. The van der Waals surface area contributed by atoms with Gasteiger partial charge in [-0.2, -0.15) is 0 Å². The molecule has 0 fully saturated rings. The van der Waals surface area contributed by atoms with E-state index < -0.39 is 8.32 Å². The van der Waals surface area contributed by atoms with E-state index in [4.69, 9.17) is 14.0 Å². The quantitative estimate of drug-likeness (QED) is 0.0865. The monoisotopic (exact) mass is 451 g/mol. The van der Waals surface area contributed by atoms with Crippen molar-refractivity contribution in [2.45, 2.75) is 96.9 Å². The SMILES string of the molecule is CCCCCC(/C=C/[C@H]1C=C/C(=N\OC)[C@@H]1CCCCCCC(=O)OC)O[Si](C)(C)C. The molecule has 0 aromatic rings. The number of hydrogen-bond donors (Lipinski definition) is 0. The summed E-state index contributed by atoms with van der Waals surface area (Å²) in [6, 6.07) is 0. The van der Waals surface area contributed by atoms with Gasteiger partial charge in [0.1, 0.15) is 7.11 Å². The lowest BCUT2D eigenvalue weighted by atomic mass is 9.88. The van der Waals surface area contributed by atoms with Gasteiger partial charge in [0.2, 0.25) is 0 Å². The fraction of sp³-hybridized carbons (Fsp3) is 0.760. The molecule has 0 bridgehead atoms. The molecule has 31 heavy (non-hydrogen) atoms. The Balaban J connectivity index is 2.65. The number of esters is 1. The van der Waals surface area contributed by atoms with Gasteiger partial charge < -0.3 is 14.0 Å². The topological polar surface area (TPSA) is 57.1 Å². The second kappa shape index (κ2) is 15.4. The third-order valence-electron chi connectivity index (χ3n) is 5.55. The van der Waals surface area contributed by atoms with Gasteiger partial charge in [-0.1, -0.05) is 68.8 Å². The highest BCUT2D eigenvalue weighted by Crippen LogP contribution is 2.30. The van der Waals surface area contributed by atoms with Crippen LogP contribution >= 0.6 is 0 Å². The number of nitrogens with zero attached hydrogens (tertiary/aromatic N) is 1. The molecule has 1 rings (SSSR count). The molecule has 5 nitrogen and oxygen atoms in total. The number of allylic oxidation sites excluding steroid dienone is 3. The summed E-state index contributed by atoms with van der Waals surface area (Å²) in [6.07, 6.45) is 19.7. The second-order valence-corrected chi connectivity index (χ2v) is 13.9. The van der Waals surface area contributed by atoms with Crippen molar-refractivity contribution in [3.8, 4) is 0 Å². The number of carbonyl (C=O) groups excluding carboxylic acids is 1. The first-order chi connectivity index (χ1) is 14.8. The Morgan fingerprint density at radius 2 is 1.87 bits per heavy atom. The summed E-state index contributed by atoms with van der Waals surface area (Å²) in [5.41, 5.74) is 1.03. The van der Waals surface area contributed by atoms with Crippen LogP contribution in [0.5, 0.6) is 0 Å². The van der Waals surface area contributed by atoms with Gasteiger partial charge in [-0.05, 0) is 45.0 Å². The highest BCUT2D eigenvalue weighted by molar-refractivity contribution is 6.69. The predicted molar refractivity (Wildman–Crippen MR) is 132 cm³/mol. The Kier molecular flexibility index (Phi) is 13.7. The van der Waals surface area contributed by atoms with Crippen molar-refractivity contribution in [3.63, 3.8) is 0 Å². The summed E-state index contributed by atoms with van der Waals surface area (Å²) in [5.74, 6) is 0.566. The zero-order valence-electron chi connectivity index (χ0n) is 20.7. The lowest BCUT2D eigenvalue weighted by molar-refractivity contribution is -0.140. The highest BCUT2D eigenvalue weighted by Gasteiger charge is 2.27. The molecule has 0 saturated heterocycles. The number of methoxy groups -OCH3 is 1. The maximum Gasteiger partial charge on any atom is 0.305 e. The molecule has 0 saturated carbocycles. The summed E-state index contributed by atoms with van der Waals surface area (Å²) < 4.78 is 11.2. The molecule has 0 aromatic heterocycles. The van der Waals surface area contributed by atoms with Gasteiger partial charge in [0.15, 0.2) is 8.32 Å². The van der Waals surface area contributed by atoms with Gasteiger partial charge in [0, 0.05) is 18.3 Å². The summed E-state index contributed by atoms with van der Waals surface area (Å²) in [6.45, 7) is 9.02. The molecule has 0 aliphatic heterocycles. The minimum Gasteiger partial charge on any atom is -0.469 e. The van der Waals surface area contributed by atoms with Gasteiger partial charge in [-0.15, -0.1) is 0 Å². The van der Waals surface area contributed by atoms with E-state index in [-0.39, 0.29) is 12.1 Å². The predicted octanol–water partition coefficient (Wildman–Crippen LogP) is 6.66. The maximum atomic E-state index is 11.2. The number of hydrogen-bond acceptors (Lipinski definition) is 5. The van der Waals surface area contributed by atoms with Gasteiger partial charge in [0.05, 0.1) is 18.9 Å². The number of oxime groups is 1. The van der Waals surface area contributed by atoms with Crippen LogP contribution in [-0.4, -0.2) is 40.3 Å². The Morgan fingerprint density at radius 3 is 2.52 bits per heavy atom. The number of unbranched alkanes of at least 4 members (excludes halogenated alkanes) is 5. The molecule has 0 heterocycles. The molecule has 0 radical (unpaired) electrons. The minimum atomic E-state index is -1.59. The molecule has 3 atom stereocenters. The molecule has 1 unspecified atom stereocenters. The largest absolute Gasteiger partial charge is 0.469 e. The van der Waals surface area contributed by atoms with Crippen LogP contribution in [0, 0.1) is 11.8 Å². The number of carbonyl (C=O) groups is 1. The Labute approximate surface area is 191 Å². The Hall–Kier alpha value is -1.40. The zero-order chi connectivity index (χ0) is 23.1. The summed E-state index contributed by atoms with van der Waals surface area (Å²) >= 11 is 0. The molecule has 178 valence electrons. The van der Waals surface area contributed by atoms with Crippen molar-refractivity contribution in [1.29, 1.82) is 0 Å². The van der Waals surface area contributed by atoms with E-state index in [0.29, 0.717) is 18.3 Å². The van der Waals surface area contributed by atoms with E-state index in [1.54, 1.807) is 7.11 Å². The average molecular weight is 452 g/mol. The first-order valence-electron chi connectivity index (χ1n) is 12.0. The molecule has 1 aliphatic rings. The van der Waals surface area contributed by atoms with Crippen molar-refractivity contribution in [3.05, 3.63) is 24.3 Å². The Bertz CT molecular complexity index is 595. The fourth-order valence-corrected chi connectivity index (χ4v) is 5.10. The molecular formula is C25H45NO4Si. The van der Waals surface area contributed by atoms with Crippen LogP contribution in [0.1, 0.15) is 71.1 Å². The molecule has 1 aliphatic carbocycles. The molecular weight excluding hydrogens is 406 g/mol. The van der Waals surface area contributed by atoms with Crippen molar-refractivity contribution in [2.75, 3.05) is 14.2 Å². The normalized spacial score (nSPS) is 21.2. The van der Waals surface area contributed by atoms with Gasteiger partial charge in [0.25, 0.3) is 0 Å². The van der Waals surface area contributed by atoms with E-state index in [1.807, 2.05) is 0 Å². The van der Waals surface area contributed by atoms with E-state index in [2.05, 4.69) is 56.0 Å². The van der Waals surface area contributed by atoms with Gasteiger partial charge in [-0.25, -0.2) is 0 Å². The van der Waals surface area contributed by atoms with Crippen LogP contribution in [0.2, 0.25) is 19.6 Å². The number of ether oxygens (including phenoxy) is 1. The van der Waals surface area contributed by atoms with Gasteiger partial charge in [-0.3, -0.25) is 4.79 Å². The Morgan fingerprint density at radius 1 is 1.13 bits per heavy atom. The van der Waals surface area contributed by atoms with E-state index >= 15 is 0 Å². The van der Waals surface area contributed by atoms with Crippen LogP contribution in [-0.2, 0) is 18.8 Å². The third kappa shape index (κ3) is 12.3. The summed E-state index contributed by atoms with van der Waals surface area (Å²) in [7, 11) is 1.47. The highest BCUT2D eigenvalue weighted by atomic mass is 28.4. The van der Waals surface area contributed by atoms with Crippen LogP contribution in [0.15, 0.2) is 29.5 Å². The molecule has 0 aromatic carbocycles. The van der Waals surface area contributed by atoms with Crippen LogP contribution in [0.4, 0.5) is 0 Å². The van der Waals surface area contributed by atoms with E-state index in [1.165, 1.54) is 26.4 Å². The fourth-order valence-electron chi connectivity index (χ4n) is 3.99. The standard InChI is InChI=1S/C25H45NO4Si/c1-7-8-11-14-22(30-31(4,5)6)19-17-21-18-20-24(26-29-3)23(21)15-12-9-10-13-16-25(27)28-2/h17-23H,7-16H2,1-6H3/b19-17+,26-24+/t21-,22?,23+/m0/s1. The van der Waals surface area contributed by atoms with E-state index in [9.17, 15) is 4.79 Å². The maximum absolute atomic E-state index is 11.2. The molecule has 0 spiro atoms. The van der Waals surface area contributed by atoms with Crippen LogP contribution in [0.3, 0.4) is 0 Å². The van der Waals surface area contributed by atoms with Crippen molar-refractivity contribution >= 4 is 20.0 Å². The minimum absolute atomic E-state index is 0.117. The van der Waals surface area contributed by atoms with Crippen LogP contribution in [0.25, 0.3) is 0 Å². The van der Waals surface area contributed by atoms with Crippen molar-refractivity contribution in [2.24, 2.45) is 17.0 Å². The number of rotatable bonds is 16. The van der Waals surface area contributed by atoms with Crippen molar-refractivity contribution < 1.29 is 18.8 Å². The van der Waals surface area contributed by atoms with Crippen LogP contribution < -0.4 is 0 Å². The van der Waals surface area contributed by atoms with E-state index in [0.717, 1.165) is 44.2 Å². The first-order valence-corrected chi connectivity index (χ1v) is 15.4. The lowest BCUT2D eigenvalue weighted by Gasteiger charge is -2.25. The molecule has 0 amide bonds. The second-order valence-electron chi connectivity index (χ2n) is 9.42. The third-order valence-corrected chi connectivity index (χ3v) is 6.56.